The third kappa shape index (κ3) is 3.29. The van der Waals surface area contributed by atoms with E-state index >= 15 is 0 Å². The van der Waals surface area contributed by atoms with Crippen LogP contribution in [0.5, 0.6) is 0 Å². The third-order valence-electron chi connectivity index (χ3n) is 2.41. The molecule has 0 spiro atoms. The lowest BCUT2D eigenvalue weighted by Crippen LogP contribution is -2.02. The van der Waals surface area contributed by atoms with E-state index in [9.17, 15) is 8.78 Å². The van der Waals surface area contributed by atoms with E-state index < -0.39 is 0 Å². The van der Waals surface area contributed by atoms with Crippen molar-refractivity contribution in [2.75, 3.05) is 5.32 Å². The van der Waals surface area contributed by atoms with Crippen LogP contribution in [-0.2, 0) is 6.54 Å². The number of nitrogens with one attached hydrogen (secondary N) is 1. The molecule has 0 saturated heterocycles. The largest absolute Gasteiger partial charge is 0.379 e. The summed E-state index contributed by atoms with van der Waals surface area (Å²) < 4.78 is 28.1. The standard InChI is InChI=1S/C13H9Br2F2N/c14-9-1-4-12(17)13(6-9)18-7-8-5-10(16)2-3-11(8)15/h1-6,18H,7H2. The highest BCUT2D eigenvalue weighted by molar-refractivity contribution is 9.10. The summed E-state index contributed by atoms with van der Waals surface area (Å²) in [6.45, 7) is 0.339. The van der Waals surface area contributed by atoms with Gasteiger partial charge in [-0.3, -0.25) is 0 Å². The van der Waals surface area contributed by atoms with Crippen LogP contribution < -0.4 is 5.32 Å². The quantitative estimate of drug-likeness (QED) is 0.785. The summed E-state index contributed by atoms with van der Waals surface area (Å²) in [5.41, 5.74) is 1.11. The van der Waals surface area contributed by atoms with Crippen molar-refractivity contribution in [1.29, 1.82) is 0 Å². The van der Waals surface area contributed by atoms with Gasteiger partial charge in [-0.1, -0.05) is 31.9 Å². The van der Waals surface area contributed by atoms with Gasteiger partial charge >= 0.3 is 0 Å². The predicted octanol–water partition coefficient (Wildman–Crippen LogP) is 5.10. The van der Waals surface area contributed by atoms with E-state index in [4.69, 9.17) is 0 Å². The molecule has 0 unspecified atom stereocenters. The predicted molar refractivity (Wildman–Crippen MR) is 75.5 cm³/mol. The molecule has 0 aromatic heterocycles. The Balaban J connectivity index is 2.16. The first-order valence-electron chi connectivity index (χ1n) is 5.19. The summed E-state index contributed by atoms with van der Waals surface area (Å²) in [5.74, 6) is -0.657. The lowest BCUT2D eigenvalue weighted by Gasteiger charge is -2.09. The molecule has 5 heteroatoms. The van der Waals surface area contributed by atoms with Crippen molar-refractivity contribution >= 4 is 37.5 Å². The van der Waals surface area contributed by atoms with E-state index in [1.54, 1.807) is 18.2 Å². The van der Waals surface area contributed by atoms with Gasteiger partial charge in [-0.25, -0.2) is 8.78 Å². The van der Waals surface area contributed by atoms with Crippen LogP contribution in [0.2, 0.25) is 0 Å². The molecule has 0 aliphatic heterocycles. The van der Waals surface area contributed by atoms with Crippen LogP contribution in [-0.4, -0.2) is 0 Å². The fourth-order valence-electron chi connectivity index (χ4n) is 1.50. The second-order valence-corrected chi connectivity index (χ2v) is 5.48. The maximum atomic E-state index is 13.5. The maximum Gasteiger partial charge on any atom is 0.146 e. The van der Waals surface area contributed by atoms with Crippen molar-refractivity contribution in [2.24, 2.45) is 0 Å². The van der Waals surface area contributed by atoms with Crippen molar-refractivity contribution in [3.8, 4) is 0 Å². The van der Waals surface area contributed by atoms with Gasteiger partial charge in [0, 0.05) is 15.5 Å². The fraction of sp³-hybridized carbons (Fsp3) is 0.0769. The maximum absolute atomic E-state index is 13.5. The SMILES string of the molecule is Fc1ccc(Br)c(CNc2cc(Br)ccc2F)c1. The molecule has 18 heavy (non-hydrogen) atoms. The van der Waals surface area contributed by atoms with Crippen LogP contribution in [0.4, 0.5) is 14.5 Å². The van der Waals surface area contributed by atoms with Gasteiger partial charge in [0.15, 0.2) is 0 Å². The minimum absolute atomic E-state index is 0.315. The second kappa shape index (κ2) is 5.80. The first-order valence-corrected chi connectivity index (χ1v) is 6.78. The van der Waals surface area contributed by atoms with Crippen molar-refractivity contribution in [2.45, 2.75) is 6.54 Å². The van der Waals surface area contributed by atoms with Gasteiger partial charge in [0.05, 0.1) is 5.69 Å². The van der Waals surface area contributed by atoms with Gasteiger partial charge in [0.1, 0.15) is 11.6 Å². The molecule has 0 aliphatic carbocycles. The van der Waals surface area contributed by atoms with Gasteiger partial charge < -0.3 is 5.32 Å². The molecular weight excluding hydrogens is 368 g/mol. The van der Waals surface area contributed by atoms with E-state index in [-0.39, 0.29) is 11.6 Å². The first-order chi connectivity index (χ1) is 8.56. The summed E-state index contributed by atoms with van der Waals surface area (Å²) in [6.07, 6.45) is 0. The highest BCUT2D eigenvalue weighted by atomic mass is 79.9. The van der Waals surface area contributed by atoms with Gasteiger partial charge in [-0.05, 0) is 42.0 Å². The molecule has 2 aromatic rings. The number of hydrogen-bond acceptors (Lipinski definition) is 1. The molecule has 0 fully saturated rings. The van der Waals surface area contributed by atoms with Gasteiger partial charge in [0.25, 0.3) is 0 Å². The van der Waals surface area contributed by atoms with E-state index in [0.29, 0.717) is 12.2 Å². The molecule has 1 N–H and O–H groups in total. The van der Waals surface area contributed by atoms with Crippen LogP contribution in [0.15, 0.2) is 45.3 Å². The zero-order valence-electron chi connectivity index (χ0n) is 9.18. The zero-order valence-corrected chi connectivity index (χ0v) is 12.4. The highest BCUT2D eigenvalue weighted by Crippen LogP contribution is 2.23. The van der Waals surface area contributed by atoms with Crippen LogP contribution >= 0.6 is 31.9 Å². The Labute approximate surface area is 120 Å². The molecule has 2 rings (SSSR count). The van der Waals surface area contributed by atoms with Crippen molar-refractivity contribution in [3.05, 3.63) is 62.5 Å². The Morgan fingerprint density at radius 2 is 1.78 bits per heavy atom. The lowest BCUT2D eigenvalue weighted by molar-refractivity contribution is 0.624. The first kappa shape index (κ1) is 13.5. The Kier molecular flexibility index (Phi) is 4.35. The summed E-state index contributed by atoms with van der Waals surface area (Å²) >= 11 is 6.60. The number of hydrogen-bond donors (Lipinski definition) is 1. The molecule has 0 saturated carbocycles. The Morgan fingerprint density at radius 1 is 1.00 bits per heavy atom. The smallest absolute Gasteiger partial charge is 0.146 e. The Hall–Kier alpha value is -0.940. The zero-order chi connectivity index (χ0) is 13.1. The third-order valence-corrected chi connectivity index (χ3v) is 3.67. The topological polar surface area (TPSA) is 12.0 Å². The highest BCUT2D eigenvalue weighted by Gasteiger charge is 2.05. The number of rotatable bonds is 3. The number of anilines is 1. The second-order valence-electron chi connectivity index (χ2n) is 3.71. The molecule has 0 radical (unpaired) electrons. The minimum atomic E-state index is -0.342. The lowest BCUT2D eigenvalue weighted by atomic mass is 10.2. The fourth-order valence-corrected chi connectivity index (χ4v) is 2.25. The molecule has 0 heterocycles. The number of benzene rings is 2. The van der Waals surface area contributed by atoms with Gasteiger partial charge in [-0.15, -0.1) is 0 Å². The van der Waals surface area contributed by atoms with Crippen molar-refractivity contribution < 1.29 is 8.78 Å². The van der Waals surface area contributed by atoms with E-state index in [2.05, 4.69) is 37.2 Å². The van der Waals surface area contributed by atoms with Gasteiger partial charge in [0.2, 0.25) is 0 Å². The van der Waals surface area contributed by atoms with Crippen LogP contribution in [0, 0.1) is 11.6 Å². The Morgan fingerprint density at radius 3 is 2.56 bits per heavy atom. The normalized spacial score (nSPS) is 10.4. The minimum Gasteiger partial charge on any atom is -0.379 e. The summed E-state index contributed by atoms with van der Waals surface area (Å²) in [5, 5.41) is 2.94. The molecule has 0 bridgehead atoms. The van der Waals surface area contributed by atoms with Crippen molar-refractivity contribution in [1.82, 2.24) is 0 Å². The molecule has 2 aromatic carbocycles. The van der Waals surface area contributed by atoms with E-state index in [1.165, 1.54) is 18.2 Å². The van der Waals surface area contributed by atoms with Gasteiger partial charge in [-0.2, -0.15) is 0 Å². The number of halogens is 4. The van der Waals surface area contributed by atoms with E-state index in [1.807, 2.05) is 0 Å². The van der Waals surface area contributed by atoms with Crippen LogP contribution in [0.1, 0.15) is 5.56 Å². The van der Waals surface area contributed by atoms with Crippen LogP contribution in [0.25, 0.3) is 0 Å². The molecule has 1 nitrogen and oxygen atoms in total. The monoisotopic (exact) mass is 375 g/mol. The average Bonchev–Trinajstić information content (AvgIpc) is 2.34. The molecule has 0 amide bonds. The van der Waals surface area contributed by atoms with Crippen LogP contribution in [0.3, 0.4) is 0 Å². The summed E-state index contributed by atoms with van der Waals surface area (Å²) in [4.78, 5) is 0. The molecular formula is C13H9Br2F2N. The Bertz CT molecular complexity index is 521. The summed E-state index contributed by atoms with van der Waals surface area (Å²) in [7, 11) is 0. The molecule has 94 valence electrons. The molecule has 0 aliphatic rings. The average molecular weight is 377 g/mol. The van der Waals surface area contributed by atoms with Crippen molar-refractivity contribution in [3.63, 3.8) is 0 Å². The molecule has 0 atom stereocenters. The van der Waals surface area contributed by atoms with E-state index in [0.717, 1.165) is 14.5 Å². The summed E-state index contributed by atoms with van der Waals surface area (Å²) in [6, 6.07) is 9.04.